The standard InChI is InChI=1S/C25H49NO3/c1-4-5-6-7-11-14-17-25(22-27)18-15-12-9-8-10-13-16-19-26(20-23(2)28)21-24(3)29/h25,27-29H,2-22H2,1H3. The average Bonchev–Trinajstić information content (AvgIpc) is 2.66. The highest BCUT2D eigenvalue weighted by Crippen LogP contribution is 2.19. The molecule has 0 saturated heterocycles. The van der Waals surface area contributed by atoms with E-state index in [0.717, 1.165) is 13.0 Å². The number of nitrogens with zero attached hydrogens (tertiary/aromatic N) is 1. The molecule has 172 valence electrons. The Morgan fingerprint density at radius 1 is 0.690 bits per heavy atom. The zero-order chi connectivity index (χ0) is 21.7. The smallest absolute Gasteiger partial charge is 0.0991 e. The van der Waals surface area contributed by atoms with Gasteiger partial charge in [0, 0.05) is 6.61 Å². The number of hydrogen-bond donors (Lipinski definition) is 3. The van der Waals surface area contributed by atoms with E-state index in [4.69, 9.17) is 0 Å². The molecule has 1 atom stereocenters. The van der Waals surface area contributed by atoms with Crippen molar-refractivity contribution in [2.75, 3.05) is 26.2 Å². The number of aliphatic hydroxyl groups is 3. The van der Waals surface area contributed by atoms with Crippen LogP contribution in [0.5, 0.6) is 0 Å². The molecule has 0 aromatic heterocycles. The van der Waals surface area contributed by atoms with Crippen LogP contribution in [0.15, 0.2) is 24.7 Å². The Hall–Kier alpha value is -1.00. The minimum atomic E-state index is 0.129. The third-order valence-corrected chi connectivity index (χ3v) is 5.62. The van der Waals surface area contributed by atoms with Crippen molar-refractivity contribution < 1.29 is 15.3 Å². The predicted molar refractivity (Wildman–Crippen MR) is 125 cm³/mol. The second-order valence-corrected chi connectivity index (χ2v) is 8.71. The van der Waals surface area contributed by atoms with Gasteiger partial charge in [0.05, 0.1) is 24.6 Å². The SMILES string of the molecule is C=C(O)CN(CCCCCCCCCC(CO)CCCCCCCC)CC(=C)O. The Labute approximate surface area is 180 Å². The molecule has 0 fully saturated rings. The van der Waals surface area contributed by atoms with Crippen molar-refractivity contribution >= 4 is 0 Å². The molecular weight excluding hydrogens is 362 g/mol. The van der Waals surface area contributed by atoms with Crippen molar-refractivity contribution in [2.24, 2.45) is 5.92 Å². The molecule has 0 aliphatic carbocycles. The Morgan fingerprint density at radius 2 is 1.10 bits per heavy atom. The lowest BCUT2D eigenvalue weighted by Crippen LogP contribution is -2.29. The molecule has 3 N–H and O–H groups in total. The van der Waals surface area contributed by atoms with Crippen LogP contribution < -0.4 is 0 Å². The van der Waals surface area contributed by atoms with Crippen LogP contribution in [0.4, 0.5) is 0 Å². The topological polar surface area (TPSA) is 63.9 Å². The maximum Gasteiger partial charge on any atom is 0.0991 e. The number of rotatable bonds is 22. The van der Waals surface area contributed by atoms with Crippen LogP contribution in [0.3, 0.4) is 0 Å². The molecule has 0 aliphatic heterocycles. The Balaban J connectivity index is 3.58. The first-order valence-corrected chi connectivity index (χ1v) is 12.1. The van der Waals surface area contributed by atoms with Crippen molar-refractivity contribution in [3.05, 3.63) is 24.7 Å². The molecular formula is C25H49NO3. The molecule has 0 rings (SSSR count). The van der Waals surface area contributed by atoms with Crippen molar-refractivity contribution in [1.82, 2.24) is 4.90 Å². The maximum absolute atomic E-state index is 9.57. The summed E-state index contributed by atoms with van der Waals surface area (Å²) in [5.74, 6) is 0.766. The number of unbranched alkanes of at least 4 members (excludes halogenated alkanes) is 11. The number of aliphatic hydroxyl groups excluding tert-OH is 3. The van der Waals surface area contributed by atoms with E-state index in [1.54, 1.807) is 0 Å². The second-order valence-electron chi connectivity index (χ2n) is 8.71. The molecule has 0 aromatic carbocycles. The lowest BCUT2D eigenvalue weighted by atomic mass is 9.95. The van der Waals surface area contributed by atoms with Crippen molar-refractivity contribution in [3.8, 4) is 0 Å². The van der Waals surface area contributed by atoms with Crippen molar-refractivity contribution in [2.45, 2.75) is 103 Å². The van der Waals surface area contributed by atoms with Gasteiger partial charge in [-0.15, -0.1) is 0 Å². The fraction of sp³-hybridized carbons (Fsp3) is 0.840. The van der Waals surface area contributed by atoms with Crippen LogP contribution in [-0.2, 0) is 0 Å². The van der Waals surface area contributed by atoms with E-state index in [9.17, 15) is 15.3 Å². The van der Waals surface area contributed by atoms with Gasteiger partial charge in [-0.25, -0.2) is 0 Å². The summed E-state index contributed by atoms with van der Waals surface area (Å²) in [6, 6.07) is 0. The summed E-state index contributed by atoms with van der Waals surface area (Å²) >= 11 is 0. The highest BCUT2D eigenvalue weighted by Gasteiger charge is 2.08. The third-order valence-electron chi connectivity index (χ3n) is 5.62. The zero-order valence-electron chi connectivity index (χ0n) is 19.2. The van der Waals surface area contributed by atoms with Crippen LogP contribution in [-0.4, -0.2) is 46.5 Å². The molecule has 0 amide bonds. The summed E-state index contributed by atoms with van der Waals surface area (Å²) in [7, 11) is 0. The molecule has 29 heavy (non-hydrogen) atoms. The van der Waals surface area contributed by atoms with E-state index in [0.29, 0.717) is 25.6 Å². The summed E-state index contributed by atoms with van der Waals surface area (Å²) in [6.45, 7) is 11.3. The van der Waals surface area contributed by atoms with Gasteiger partial charge in [-0.1, -0.05) is 97.1 Å². The fourth-order valence-corrected chi connectivity index (χ4v) is 3.92. The Bertz CT molecular complexity index is 382. The van der Waals surface area contributed by atoms with Gasteiger partial charge in [-0.2, -0.15) is 0 Å². The second kappa shape index (κ2) is 20.3. The Morgan fingerprint density at radius 3 is 1.52 bits per heavy atom. The third kappa shape index (κ3) is 20.1. The van der Waals surface area contributed by atoms with Gasteiger partial charge in [0.25, 0.3) is 0 Å². The fourth-order valence-electron chi connectivity index (χ4n) is 3.92. The van der Waals surface area contributed by atoms with Gasteiger partial charge in [-0.3, -0.25) is 4.90 Å². The first kappa shape index (κ1) is 28.0. The van der Waals surface area contributed by atoms with Gasteiger partial charge >= 0.3 is 0 Å². The first-order valence-electron chi connectivity index (χ1n) is 12.1. The zero-order valence-corrected chi connectivity index (χ0v) is 19.2. The van der Waals surface area contributed by atoms with E-state index in [2.05, 4.69) is 20.1 Å². The maximum atomic E-state index is 9.57. The minimum absolute atomic E-state index is 0.129. The van der Waals surface area contributed by atoms with Crippen LogP contribution in [0, 0.1) is 5.92 Å². The van der Waals surface area contributed by atoms with E-state index < -0.39 is 0 Å². The molecule has 0 bridgehead atoms. The molecule has 1 unspecified atom stereocenters. The van der Waals surface area contributed by atoms with E-state index in [1.165, 1.54) is 89.9 Å². The largest absolute Gasteiger partial charge is 0.512 e. The molecule has 0 aromatic rings. The normalized spacial score (nSPS) is 12.4. The summed E-state index contributed by atoms with van der Waals surface area (Å²) in [5.41, 5.74) is 0. The summed E-state index contributed by atoms with van der Waals surface area (Å²) in [5, 5.41) is 28.3. The van der Waals surface area contributed by atoms with Crippen LogP contribution in [0.25, 0.3) is 0 Å². The van der Waals surface area contributed by atoms with E-state index in [1.807, 2.05) is 4.90 Å². The monoisotopic (exact) mass is 411 g/mol. The van der Waals surface area contributed by atoms with E-state index >= 15 is 0 Å². The van der Waals surface area contributed by atoms with Crippen molar-refractivity contribution in [1.29, 1.82) is 0 Å². The average molecular weight is 412 g/mol. The van der Waals surface area contributed by atoms with E-state index in [-0.39, 0.29) is 11.5 Å². The summed E-state index contributed by atoms with van der Waals surface area (Å²) < 4.78 is 0. The van der Waals surface area contributed by atoms with Gasteiger partial charge in [0.1, 0.15) is 0 Å². The molecule has 4 nitrogen and oxygen atoms in total. The van der Waals surface area contributed by atoms with Crippen LogP contribution in [0.2, 0.25) is 0 Å². The highest BCUT2D eigenvalue weighted by molar-refractivity contribution is 4.89. The van der Waals surface area contributed by atoms with Gasteiger partial charge < -0.3 is 15.3 Å². The van der Waals surface area contributed by atoms with Gasteiger partial charge in [0.2, 0.25) is 0 Å². The lowest BCUT2D eigenvalue weighted by molar-refractivity contribution is 0.204. The summed E-state index contributed by atoms with van der Waals surface area (Å²) in [4.78, 5) is 1.98. The van der Waals surface area contributed by atoms with Crippen LogP contribution >= 0.6 is 0 Å². The van der Waals surface area contributed by atoms with Crippen LogP contribution in [0.1, 0.15) is 103 Å². The molecule has 4 heteroatoms. The molecule has 0 radical (unpaired) electrons. The molecule has 0 saturated carbocycles. The molecule has 0 spiro atoms. The Kier molecular flexibility index (Phi) is 19.6. The molecule has 0 heterocycles. The quantitative estimate of drug-likeness (QED) is 0.134. The van der Waals surface area contributed by atoms with Crippen molar-refractivity contribution in [3.63, 3.8) is 0 Å². The highest BCUT2D eigenvalue weighted by atomic mass is 16.3. The van der Waals surface area contributed by atoms with Gasteiger partial charge in [0.15, 0.2) is 0 Å². The summed E-state index contributed by atoms with van der Waals surface area (Å²) in [6.07, 6.45) is 18.9. The minimum Gasteiger partial charge on any atom is -0.512 e. The number of hydrogen-bond acceptors (Lipinski definition) is 4. The predicted octanol–water partition coefficient (Wildman–Crippen LogP) is 6.91. The van der Waals surface area contributed by atoms with Gasteiger partial charge in [-0.05, 0) is 31.7 Å². The lowest BCUT2D eigenvalue weighted by Gasteiger charge is -2.20. The first-order chi connectivity index (χ1) is 14.0. The molecule has 0 aliphatic rings.